The first-order valence-electron chi connectivity index (χ1n) is 7.94. The molecule has 0 radical (unpaired) electrons. The number of hydrogen-bond acceptors (Lipinski definition) is 4. The molecule has 2 amide bonds. The van der Waals surface area contributed by atoms with E-state index in [0.29, 0.717) is 12.2 Å². The maximum atomic E-state index is 11.8. The van der Waals surface area contributed by atoms with E-state index in [1.165, 1.54) is 0 Å². The minimum Gasteiger partial charge on any atom is -0.484 e. The zero-order valence-electron chi connectivity index (χ0n) is 14.2. The van der Waals surface area contributed by atoms with Crippen LogP contribution in [-0.2, 0) is 9.59 Å². The highest BCUT2D eigenvalue weighted by atomic mass is 32.1. The van der Waals surface area contributed by atoms with Crippen molar-refractivity contribution < 1.29 is 14.3 Å². The minimum absolute atomic E-state index is 0.0460. The number of nitrogens with one attached hydrogen (secondary N) is 3. The van der Waals surface area contributed by atoms with Crippen LogP contribution in [0.3, 0.4) is 0 Å². The smallest absolute Gasteiger partial charge is 0.276 e. The van der Waals surface area contributed by atoms with Crippen molar-refractivity contribution in [1.29, 1.82) is 0 Å². The molecule has 0 aliphatic carbocycles. The molecule has 6 nitrogen and oxygen atoms in total. The van der Waals surface area contributed by atoms with E-state index in [1.807, 2.05) is 50.2 Å². The molecule has 0 heterocycles. The Labute approximate surface area is 151 Å². The summed E-state index contributed by atoms with van der Waals surface area (Å²) in [4.78, 5) is 23.3. The standard InChI is InChI=1S/C18H21N3O3S/c1-12(2)9-16(22)19-18(25)21-20-17(23)11-24-15-8-7-13-5-3-4-6-14(13)10-15/h3-8,10,12H,9,11H2,1-2H3,(H,20,23)(H2,19,21,22,25). The second kappa shape index (κ2) is 8.98. The minimum atomic E-state index is -0.409. The first-order chi connectivity index (χ1) is 11.9. The second-order valence-corrected chi connectivity index (χ2v) is 6.35. The molecule has 25 heavy (non-hydrogen) atoms. The molecule has 2 aromatic rings. The highest BCUT2D eigenvalue weighted by molar-refractivity contribution is 7.80. The number of carbonyl (C=O) groups excluding carboxylic acids is 2. The SMILES string of the molecule is CC(C)CC(=O)NC(=S)NNC(=O)COc1ccc2ccccc2c1. The molecule has 0 saturated heterocycles. The molecule has 0 atom stereocenters. The van der Waals surface area contributed by atoms with Crippen LogP contribution in [-0.4, -0.2) is 23.5 Å². The van der Waals surface area contributed by atoms with E-state index in [9.17, 15) is 9.59 Å². The molecule has 7 heteroatoms. The van der Waals surface area contributed by atoms with Gasteiger partial charge in [-0.25, -0.2) is 0 Å². The number of carbonyl (C=O) groups is 2. The number of rotatable bonds is 5. The lowest BCUT2D eigenvalue weighted by molar-refractivity contribution is -0.124. The highest BCUT2D eigenvalue weighted by Crippen LogP contribution is 2.20. The van der Waals surface area contributed by atoms with Crippen molar-refractivity contribution in [3.05, 3.63) is 42.5 Å². The fourth-order valence-corrected chi connectivity index (χ4v) is 2.31. The van der Waals surface area contributed by atoms with Crippen LogP contribution in [0, 0.1) is 5.92 Å². The Bertz CT molecular complexity index is 777. The summed E-state index contributed by atoms with van der Waals surface area (Å²) in [6, 6.07) is 13.5. The summed E-state index contributed by atoms with van der Waals surface area (Å²) in [7, 11) is 0. The zero-order chi connectivity index (χ0) is 18.2. The van der Waals surface area contributed by atoms with Gasteiger partial charge in [0.1, 0.15) is 5.75 Å². The molecule has 0 spiro atoms. The number of thiocarbonyl (C=S) groups is 1. The van der Waals surface area contributed by atoms with Crippen molar-refractivity contribution >= 4 is 39.9 Å². The topological polar surface area (TPSA) is 79.5 Å². The van der Waals surface area contributed by atoms with Gasteiger partial charge >= 0.3 is 0 Å². The summed E-state index contributed by atoms with van der Waals surface area (Å²) in [6.45, 7) is 3.69. The van der Waals surface area contributed by atoms with Gasteiger partial charge in [-0.15, -0.1) is 0 Å². The molecule has 0 bridgehead atoms. The van der Waals surface area contributed by atoms with E-state index in [-0.39, 0.29) is 23.5 Å². The Morgan fingerprint density at radius 1 is 1.04 bits per heavy atom. The third-order valence-electron chi connectivity index (χ3n) is 3.25. The summed E-state index contributed by atoms with van der Waals surface area (Å²) < 4.78 is 5.46. The van der Waals surface area contributed by atoms with E-state index in [4.69, 9.17) is 17.0 Å². The lowest BCUT2D eigenvalue weighted by Gasteiger charge is -2.12. The Morgan fingerprint density at radius 3 is 2.48 bits per heavy atom. The molecule has 0 fully saturated rings. The van der Waals surface area contributed by atoms with E-state index in [1.54, 1.807) is 6.07 Å². The number of hydrazine groups is 1. The largest absolute Gasteiger partial charge is 0.484 e. The van der Waals surface area contributed by atoms with Crippen molar-refractivity contribution in [2.75, 3.05) is 6.61 Å². The fraction of sp³-hybridized carbons (Fsp3) is 0.278. The quantitative estimate of drug-likeness (QED) is 0.564. The number of fused-ring (bicyclic) bond motifs is 1. The molecule has 0 unspecified atom stereocenters. The third kappa shape index (κ3) is 6.39. The van der Waals surface area contributed by atoms with E-state index < -0.39 is 5.91 Å². The molecular formula is C18H21N3O3S. The van der Waals surface area contributed by atoms with Crippen LogP contribution in [0.2, 0.25) is 0 Å². The number of ether oxygens (including phenoxy) is 1. The monoisotopic (exact) mass is 359 g/mol. The molecule has 2 rings (SSSR count). The molecule has 0 aliphatic rings. The number of benzene rings is 2. The van der Waals surface area contributed by atoms with Crippen LogP contribution in [0.15, 0.2) is 42.5 Å². The van der Waals surface area contributed by atoms with Crippen LogP contribution in [0.4, 0.5) is 0 Å². The Morgan fingerprint density at radius 2 is 1.76 bits per heavy atom. The molecular weight excluding hydrogens is 338 g/mol. The van der Waals surface area contributed by atoms with Crippen molar-refractivity contribution in [3.8, 4) is 5.75 Å². The Balaban J connectivity index is 1.74. The van der Waals surface area contributed by atoms with Gasteiger partial charge in [0.15, 0.2) is 11.7 Å². The molecule has 0 aliphatic heterocycles. The van der Waals surface area contributed by atoms with Gasteiger partial charge in [-0.1, -0.05) is 44.2 Å². The molecule has 2 aromatic carbocycles. The van der Waals surface area contributed by atoms with Gasteiger partial charge in [-0.2, -0.15) is 0 Å². The first kappa shape index (κ1) is 18.7. The van der Waals surface area contributed by atoms with Crippen LogP contribution in [0.25, 0.3) is 10.8 Å². The fourth-order valence-electron chi connectivity index (χ4n) is 2.15. The predicted octanol–water partition coefficient (Wildman–Crippen LogP) is 2.29. The van der Waals surface area contributed by atoms with Crippen molar-refractivity contribution in [1.82, 2.24) is 16.2 Å². The summed E-state index contributed by atoms with van der Waals surface area (Å²) in [5, 5.41) is 4.67. The van der Waals surface area contributed by atoms with Gasteiger partial charge in [-0.3, -0.25) is 20.4 Å². The van der Waals surface area contributed by atoms with E-state index in [2.05, 4.69) is 16.2 Å². The van der Waals surface area contributed by atoms with Gasteiger partial charge in [-0.05, 0) is 41.0 Å². The third-order valence-corrected chi connectivity index (χ3v) is 3.46. The summed E-state index contributed by atoms with van der Waals surface area (Å²) in [6.07, 6.45) is 0.362. The van der Waals surface area contributed by atoms with Crippen LogP contribution in [0.1, 0.15) is 20.3 Å². The highest BCUT2D eigenvalue weighted by Gasteiger charge is 2.08. The maximum Gasteiger partial charge on any atom is 0.276 e. The van der Waals surface area contributed by atoms with Crippen molar-refractivity contribution in [2.45, 2.75) is 20.3 Å². The lowest BCUT2D eigenvalue weighted by Crippen LogP contribution is -2.49. The van der Waals surface area contributed by atoms with Crippen LogP contribution >= 0.6 is 12.2 Å². The molecule has 0 saturated carbocycles. The van der Waals surface area contributed by atoms with Gasteiger partial charge in [0, 0.05) is 6.42 Å². The second-order valence-electron chi connectivity index (χ2n) is 5.95. The lowest BCUT2D eigenvalue weighted by atomic mass is 10.1. The molecule has 3 N–H and O–H groups in total. The normalized spacial score (nSPS) is 10.4. The van der Waals surface area contributed by atoms with Crippen molar-refractivity contribution in [3.63, 3.8) is 0 Å². The summed E-state index contributed by atoms with van der Waals surface area (Å²) >= 11 is 4.93. The summed E-state index contributed by atoms with van der Waals surface area (Å²) in [5.74, 6) is 0.220. The van der Waals surface area contributed by atoms with Gasteiger partial charge in [0.2, 0.25) is 5.91 Å². The van der Waals surface area contributed by atoms with Crippen LogP contribution in [0.5, 0.6) is 5.75 Å². The van der Waals surface area contributed by atoms with Gasteiger partial charge < -0.3 is 10.1 Å². The maximum absolute atomic E-state index is 11.8. The number of hydrogen-bond donors (Lipinski definition) is 3. The van der Waals surface area contributed by atoms with Crippen molar-refractivity contribution in [2.24, 2.45) is 5.92 Å². The predicted molar refractivity (Wildman–Crippen MR) is 101 cm³/mol. The molecule has 0 aromatic heterocycles. The Kier molecular flexibility index (Phi) is 6.71. The first-order valence-corrected chi connectivity index (χ1v) is 8.35. The number of amides is 2. The van der Waals surface area contributed by atoms with Gasteiger partial charge in [0.05, 0.1) is 0 Å². The average Bonchev–Trinajstić information content (AvgIpc) is 2.57. The Hall–Kier alpha value is -2.67. The van der Waals surface area contributed by atoms with E-state index in [0.717, 1.165) is 10.8 Å². The van der Waals surface area contributed by atoms with Gasteiger partial charge in [0.25, 0.3) is 5.91 Å². The van der Waals surface area contributed by atoms with Crippen LogP contribution < -0.4 is 20.9 Å². The zero-order valence-corrected chi connectivity index (χ0v) is 15.0. The molecule has 132 valence electrons. The average molecular weight is 359 g/mol. The summed E-state index contributed by atoms with van der Waals surface area (Å²) in [5.41, 5.74) is 4.85. The van der Waals surface area contributed by atoms with E-state index >= 15 is 0 Å².